The average molecular weight is 297 g/mol. The van der Waals surface area contributed by atoms with Crippen LogP contribution in [-0.4, -0.2) is 10.8 Å². The summed E-state index contributed by atoms with van der Waals surface area (Å²) < 4.78 is 1.13. The molecule has 1 aromatic carbocycles. The molecule has 1 heterocycles. The van der Waals surface area contributed by atoms with Crippen LogP contribution in [0.4, 0.5) is 0 Å². The summed E-state index contributed by atoms with van der Waals surface area (Å²) in [6.45, 7) is 0. The third-order valence-electron chi connectivity index (χ3n) is 1.95. The number of carbonyl (C=O) groups excluding carboxylic acids is 1. The second-order valence-electron chi connectivity index (χ2n) is 2.92. The van der Waals surface area contributed by atoms with E-state index in [1.165, 1.54) is 0 Å². The van der Waals surface area contributed by atoms with Crippen LogP contribution in [0.5, 0.6) is 0 Å². The molecule has 0 unspecified atom stereocenters. The second kappa shape index (κ2) is 3.96. The molecular formula is C11H8INO. The molecule has 0 spiro atoms. The Bertz CT molecular complexity index is 431. The first-order valence-corrected chi connectivity index (χ1v) is 5.29. The lowest BCUT2D eigenvalue weighted by Gasteiger charge is -1.98. The molecule has 0 aliphatic heterocycles. The number of aromatic amines is 1. The topological polar surface area (TPSA) is 32.9 Å². The SMILES string of the molecule is O=C(c1ccc(I)cc1)c1ccc[nH]1. The van der Waals surface area contributed by atoms with Crippen LogP contribution in [0, 0.1) is 3.57 Å². The van der Waals surface area contributed by atoms with Crippen molar-refractivity contribution in [3.63, 3.8) is 0 Å². The lowest BCUT2D eigenvalue weighted by atomic mass is 10.1. The van der Waals surface area contributed by atoms with Crippen LogP contribution >= 0.6 is 22.6 Å². The quantitative estimate of drug-likeness (QED) is 0.671. The lowest BCUT2D eigenvalue weighted by Crippen LogP contribution is -2.00. The molecule has 14 heavy (non-hydrogen) atoms. The molecule has 0 radical (unpaired) electrons. The molecule has 0 atom stereocenters. The predicted octanol–water partition coefficient (Wildman–Crippen LogP) is 2.85. The maximum absolute atomic E-state index is 11.8. The van der Waals surface area contributed by atoms with E-state index in [2.05, 4.69) is 27.6 Å². The minimum Gasteiger partial charge on any atom is -0.359 e. The molecular weight excluding hydrogens is 289 g/mol. The molecule has 70 valence electrons. The largest absolute Gasteiger partial charge is 0.359 e. The molecule has 0 aliphatic carbocycles. The minimum atomic E-state index is 0.0337. The molecule has 2 rings (SSSR count). The van der Waals surface area contributed by atoms with Gasteiger partial charge in [0.05, 0.1) is 5.69 Å². The van der Waals surface area contributed by atoms with Gasteiger partial charge in [-0.05, 0) is 59.0 Å². The number of carbonyl (C=O) groups is 1. The summed E-state index contributed by atoms with van der Waals surface area (Å²) in [5.74, 6) is 0.0337. The number of ketones is 1. The highest BCUT2D eigenvalue weighted by molar-refractivity contribution is 14.1. The van der Waals surface area contributed by atoms with Crippen LogP contribution in [0.15, 0.2) is 42.6 Å². The van der Waals surface area contributed by atoms with Gasteiger partial charge in [-0.25, -0.2) is 0 Å². The fourth-order valence-electron chi connectivity index (χ4n) is 1.23. The highest BCUT2D eigenvalue weighted by atomic mass is 127. The van der Waals surface area contributed by atoms with Gasteiger partial charge < -0.3 is 4.98 Å². The molecule has 0 aliphatic rings. The Labute approximate surface area is 95.5 Å². The maximum atomic E-state index is 11.8. The molecule has 2 nitrogen and oxygen atoms in total. The first-order chi connectivity index (χ1) is 6.77. The van der Waals surface area contributed by atoms with E-state index < -0.39 is 0 Å². The Morgan fingerprint density at radius 3 is 2.43 bits per heavy atom. The molecule has 0 saturated carbocycles. The number of benzene rings is 1. The molecule has 3 heteroatoms. The van der Waals surface area contributed by atoms with Crippen LogP contribution in [0.2, 0.25) is 0 Å². The van der Waals surface area contributed by atoms with E-state index in [0.29, 0.717) is 11.3 Å². The average Bonchev–Trinajstić information content (AvgIpc) is 2.71. The minimum absolute atomic E-state index is 0.0337. The van der Waals surface area contributed by atoms with E-state index in [4.69, 9.17) is 0 Å². The third-order valence-corrected chi connectivity index (χ3v) is 2.67. The van der Waals surface area contributed by atoms with Crippen molar-refractivity contribution >= 4 is 28.4 Å². The summed E-state index contributed by atoms with van der Waals surface area (Å²) in [6.07, 6.45) is 1.75. The highest BCUT2D eigenvalue weighted by Gasteiger charge is 2.08. The smallest absolute Gasteiger partial charge is 0.209 e. The fraction of sp³-hybridized carbons (Fsp3) is 0. The number of hydrogen-bond acceptors (Lipinski definition) is 1. The van der Waals surface area contributed by atoms with Crippen LogP contribution in [-0.2, 0) is 0 Å². The van der Waals surface area contributed by atoms with Crippen molar-refractivity contribution in [1.82, 2.24) is 4.98 Å². The fourth-order valence-corrected chi connectivity index (χ4v) is 1.59. The van der Waals surface area contributed by atoms with Crippen LogP contribution in [0.25, 0.3) is 0 Å². The van der Waals surface area contributed by atoms with E-state index in [1.54, 1.807) is 12.3 Å². The Morgan fingerprint density at radius 2 is 1.86 bits per heavy atom. The summed E-state index contributed by atoms with van der Waals surface area (Å²) >= 11 is 2.21. The molecule has 2 aromatic rings. The van der Waals surface area contributed by atoms with E-state index in [9.17, 15) is 4.79 Å². The van der Waals surface area contributed by atoms with Gasteiger partial charge >= 0.3 is 0 Å². The normalized spacial score (nSPS) is 10.1. The summed E-state index contributed by atoms with van der Waals surface area (Å²) in [5, 5.41) is 0. The molecule has 0 bridgehead atoms. The summed E-state index contributed by atoms with van der Waals surface area (Å²) in [7, 11) is 0. The maximum Gasteiger partial charge on any atom is 0.209 e. The number of rotatable bonds is 2. The molecule has 0 saturated heterocycles. The first-order valence-electron chi connectivity index (χ1n) is 4.21. The van der Waals surface area contributed by atoms with Crippen molar-refractivity contribution in [3.05, 3.63) is 57.4 Å². The standard InChI is InChI=1S/C11H8INO/c12-9-5-3-8(4-6-9)11(14)10-2-1-7-13-10/h1-7,13H. The van der Waals surface area contributed by atoms with Gasteiger partial charge in [0.2, 0.25) is 5.78 Å². The van der Waals surface area contributed by atoms with Crippen molar-refractivity contribution in [2.75, 3.05) is 0 Å². The molecule has 1 N–H and O–H groups in total. The second-order valence-corrected chi connectivity index (χ2v) is 4.17. The van der Waals surface area contributed by atoms with Crippen LogP contribution in [0.1, 0.15) is 16.1 Å². The molecule has 0 fully saturated rings. The summed E-state index contributed by atoms with van der Waals surface area (Å²) in [4.78, 5) is 14.7. The van der Waals surface area contributed by atoms with Gasteiger partial charge in [0.1, 0.15) is 0 Å². The number of hydrogen-bond donors (Lipinski definition) is 1. The van der Waals surface area contributed by atoms with Gasteiger partial charge in [-0.2, -0.15) is 0 Å². The van der Waals surface area contributed by atoms with E-state index in [-0.39, 0.29) is 5.78 Å². The zero-order valence-electron chi connectivity index (χ0n) is 7.33. The first kappa shape index (κ1) is 9.45. The zero-order chi connectivity index (χ0) is 9.97. The number of nitrogens with one attached hydrogen (secondary N) is 1. The van der Waals surface area contributed by atoms with Crippen LogP contribution < -0.4 is 0 Å². The van der Waals surface area contributed by atoms with Crippen LogP contribution in [0.3, 0.4) is 0 Å². The Balaban J connectivity index is 2.33. The van der Waals surface area contributed by atoms with Crippen molar-refractivity contribution in [3.8, 4) is 0 Å². The van der Waals surface area contributed by atoms with Crippen molar-refractivity contribution < 1.29 is 4.79 Å². The Morgan fingerprint density at radius 1 is 1.14 bits per heavy atom. The Kier molecular flexibility index (Phi) is 2.67. The monoisotopic (exact) mass is 297 g/mol. The van der Waals surface area contributed by atoms with Crippen molar-refractivity contribution in [2.24, 2.45) is 0 Å². The molecule has 0 amide bonds. The number of aromatic nitrogens is 1. The van der Waals surface area contributed by atoms with Gasteiger partial charge in [-0.3, -0.25) is 4.79 Å². The number of halogens is 1. The van der Waals surface area contributed by atoms with Gasteiger partial charge in [0, 0.05) is 15.3 Å². The van der Waals surface area contributed by atoms with E-state index in [0.717, 1.165) is 3.57 Å². The summed E-state index contributed by atoms with van der Waals surface area (Å²) in [6, 6.07) is 11.1. The van der Waals surface area contributed by atoms with Crippen molar-refractivity contribution in [1.29, 1.82) is 0 Å². The van der Waals surface area contributed by atoms with Gasteiger partial charge in [0.25, 0.3) is 0 Å². The van der Waals surface area contributed by atoms with Gasteiger partial charge in [-0.1, -0.05) is 0 Å². The van der Waals surface area contributed by atoms with E-state index >= 15 is 0 Å². The van der Waals surface area contributed by atoms with Gasteiger partial charge in [-0.15, -0.1) is 0 Å². The zero-order valence-corrected chi connectivity index (χ0v) is 9.49. The highest BCUT2D eigenvalue weighted by Crippen LogP contribution is 2.10. The van der Waals surface area contributed by atoms with E-state index in [1.807, 2.05) is 30.3 Å². The third kappa shape index (κ3) is 1.87. The van der Waals surface area contributed by atoms with Crippen molar-refractivity contribution in [2.45, 2.75) is 0 Å². The summed E-state index contributed by atoms with van der Waals surface area (Å²) in [5.41, 5.74) is 1.35. The lowest BCUT2D eigenvalue weighted by molar-refractivity contribution is 0.103. The predicted molar refractivity (Wildman–Crippen MR) is 63.4 cm³/mol. The number of H-pyrrole nitrogens is 1. The molecule has 1 aromatic heterocycles. The van der Waals surface area contributed by atoms with Gasteiger partial charge in [0.15, 0.2) is 0 Å². The Hall–Kier alpha value is -1.10.